The summed E-state index contributed by atoms with van der Waals surface area (Å²) < 4.78 is 12.3. The molecule has 0 aliphatic rings. The molecule has 0 fully saturated rings. The monoisotopic (exact) mass is 526 g/mol. The Morgan fingerprint density at radius 2 is 1.86 bits per heavy atom. The van der Waals surface area contributed by atoms with Gasteiger partial charge >= 0.3 is 0 Å². The molecule has 2 heterocycles. The van der Waals surface area contributed by atoms with E-state index in [1.165, 1.54) is 4.57 Å². The van der Waals surface area contributed by atoms with Crippen LogP contribution in [0.4, 0.5) is 0 Å². The minimum absolute atomic E-state index is 0.0242. The Labute approximate surface area is 218 Å². The zero-order valence-electron chi connectivity index (χ0n) is 20.1. The maximum atomic E-state index is 13.3. The molecule has 186 valence electrons. The Balaban J connectivity index is 1.71. The zero-order valence-corrected chi connectivity index (χ0v) is 21.6. The van der Waals surface area contributed by atoms with E-state index >= 15 is 0 Å². The van der Waals surface area contributed by atoms with Crippen LogP contribution in [0.15, 0.2) is 59.5 Å². The molecule has 0 atom stereocenters. The van der Waals surface area contributed by atoms with E-state index in [-0.39, 0.29) is 23.3 Å². The van der Waals surface area contributed by atoms with E-state index in [1.807, 2.05) is 24.3 Å². The van der Waals surface area contributed by atoms with Gasteiger partial charge in [0.1, 0.15) is 23.8 Å². The Morgan fingerprint density at radius 3 is 2.58 bits per heavy atom. The molecule has 8 nitrogen and oxygen atoms in total. The van der Waals surface area contributed by atoms with Crippen molar-refractivity contribution in [3.05, 3.63) is 92.3 Å². The fourth-order valence-electron chi connectivity index (χ4n) is 3.53. The summed E-state index contributed by atoms with van der Waals surface area (Å²) >= 11 is 12.9. The van der Waals surface area contributed by atoms with Crippen molar-refractivity contribution in [2.75, 3.05) is 7.11 Å². The number of nitrogens with zero attached hydrogens (tertiary/aromatic N) is 4. The second kappa shape index (κ2) is 10.3. The molecule has 4 rings (SSSR count). The first-order valence-corrected chi connectivity index (χ1v) is 11.7. The quantitative estimate of drug-likeness (QED) is 0.356. The molecule has 2 aromatic heterocycles. The third-order valence-corrected chi connectivity index (χ3v) is 6.00. The van der Waals surface area contributed by atoms with Crippen molar-refractivity contribution in [1.29, 1.82) is 0 Å². The number of rotatable bonds is 7. The van der Waals surface area contributed by atoms with E-state index in [2.05, 4.69) is 15.0 Å². The highest BCUT2D eigenvalue weighted by atomic mass is 35.5. The van der Waals surface area contributed by atoms with Gasteiger partial charge in [-0.3, -0.25) is 9.36 Å². The van der Waals surface area contributed by atoms with Crippen molar-refractivity contribution < 1.29 is 14.6 Å². The molecule has 0 radical (unpaired) electrons. The highest BCUT2D eigenvalue weighted by Crippen LogP contribution is 2.29. The molecule has 0 saturated heterocycles. The predicted molar refractivity (Wildman–Crippen MR) is 138 cm³/mol. The molecule has 0 spiro atoms. The lowest BCUT2D eigenvalue weighted by Gasteiger charge is -2.17. The molecule has 0 aliphatic heterocycles. The van der Waals surface area contributed by atoms with E-state index in [0.29, 0.717) is 33.5 Å². The van der Waals surface area contributed by atoms with Gasteiger partial charge in [-0.15, -0.1) is 0 Å². The number of halogens is 2. The molecule has 0 saturated carbocycles. The molecule has 0 amide bonds. The minimum atomic E-state index is -1.21. The van der Waals surface area contributed by atoms with Crippen LogP contribution in [0.5, 0.6) is 11.6 Å². The Bertz CT molecular complexity index is 1480. The predicted octanol–water partition coefficient (Wildman–Crippen LogP) is 5.12. The molecule has 2 aromatic carbocycles. The smallest absolute Gasteiger partial charge is 0.280 e. The second-order valence-corrected chi connectivity index (χ2v) is 9.33. The molecule has 0 unspecified atom stereocenters. The van der Waals surface area contributed by atoms with Gasteiger partial charge in [0.2, 0.25) is 5.88 Å². The highest BCUT2D eigenvalue weighted by Gasteiger charge is 2.21. The zero-order chi connectivity index (χ0) is 26.0. The third-order valence-electron chi connectivity index (χ3n) is 5.36. The number of hydrogen-bond donors (Lipinski definition) is 1. The van der Waals surface area contributed by atoms with Crippen LogP contribution in [0.1, 0.15) is 31.1 Å². The Morgan fingerprint density at radius 1 is 1.08 bits per heavy atom. The van der Waals surface area contributed by atoms with Gasteiger partial charge in [-0.05, 0) is 56.7 Å². The van der Waals surface area contributed by atoms with Crippen molar-refractivity contribution >= 4 is 23.2 Å². The van der Waals surface area contributed by atoms with Crippen molar-refractivity contribution in [3.63, 3.8) is 0 Å². The van der Waals surface area contributed by atoms with E-state index in [1.54, 1.807) is 58.3 Å². The maximum absolute atomic E-state index is 13.3. The number of aryl methyl sites for hydroxylation is 1. The summed E-state index contributed by atoms with van der Waals surface area (Å²) in [6.07, 6.45) is 1.56. The van der Waals surface area contributed by atoms with Gasteiger partial charge in [-0.1, -0.05) is 41.4 Å². The van der Waals surface area contributed by atoms with Crippen LogP contribution in [0.3, 0.4) is 0 Å². The van der Waals surface area contributed by atoms with Gasteiger partial charge in [-0.2, -0.15) is 4.98 Å². The number of benzene rings is 2. The summed E-state index contributed by atoms with van der Waals surface area (Å²) in [6, 6.07) is 14.2. The molecular weight excluding hydrogens is 503 g/mol. The number of aromatic nitrogens is 4. The van der Waals surface area contributed by atoms with Crippen molar-refractivity contribution in [3.8, 4) is 28.6 Å². The summed E-state index contributed by atoms with van der Waals surface area (Å²) in [5.41, 5.74) is 0.709. The van der Waals surface area contributed by atoms with Crippen LogP contribution < -0.4 is 15.0 Å². The summed E-state index contributed by atoms with van der Waals surface area (Å²) in [6.45, 7) is 5.03. The number of aliphatic hydroxyl groups is 1. The summed E-state index contributed by atoms with van der Waals surface area (Å²) in [5, 5.41) is 10.4. The average molecular weight is 527 g/mol. The van der Waals surface area contributed by atoms with Crippen LogP contribution >= 0.6 is 23.2 Å². The largest absolute Gasteiger partial charge is 0.497 e. The van der Waals surface area contributed by atoms with Crippen molar-refractivity contribution in [2.45, 2.75) is 33.0 Å². The van der Waals surface area contributed by atoms with E-state index in [0.717, 1.165) is 5.56 Å². The van der Waals surface area contributed by atoms with Gasteiger partial charge in [0, 0.05) is 11.8 Å². The Hall–Kier alpha value is -3.46. The van der Waals surface area contributed by atoms with Crippen LogP contribution in [-0.4, -0.2) is 31.7 Å². The lowest BCUT2D eigenvalue weighted by Crippen LogP contribution is -2.24. The fourth-order valence-corrected chi connectivity index (χ4v) is 3.92. The molecule has 4 aromatic rings. The number of ether oxygens (including phenoxy) is 2. The minimum Gasteiger partial charge on any atom is -0.497 e. The lowest BCUT2D eigenvalue weighted by molar-refractivity contribution is 0.0688. The van der Waals surface area contributed by atoms with Crippen LogP contribution in [0, 0.1) is 6.92 Å². The first kappa shape index (κ1) is 25.6. The van der Waals surface area contributed by atoms with Crippen LogP contribution in [0.2, 0.25) is 10.0 Å². The van der Waals surface area contributed by atoms with Crippen LogP contribution in [-0.2, 0) is 12.2 Å². The van der Waals surface area contributed by atoms with Gasteiger partial charge in [0.25, 0.3) is 5.56 Å². The Kier molecular flexibility index (Phi) is 7.31. The third kappa shape index (κ3) is 5.36. The number of hydrogen-bond acceptors (Lipinski definition) is 7. The first-order chi connectivity index (χ1) is 17.1. The van der Waals surface area contributed by atoms with Gasteiger partial charge in [-0.25, -0.2) is 9.97 Å². The number of methoxy groups -OCH3 is 1. The normalized spacial score (nSPS) is 11.4. The van der Waals surface area contributed by atoms with Crippen LogP contribution in [0.25, 0.3) is 16.9 Å². The summed E-state index contributed by atoms with van der Waals surface area (Å²) in [4.78, 5) is 26.3. The molecule has 10 heteroatoms. The summed E-state index contributed by atoms with van der Waals surface area (Å²) in [5.74, 6) is 1.32. The van der Waals surface area contributed by atoms with E-state index in [4.69, 9.17) is 32.7 Å². The fraction of sp³-hybridized carbons (Fsp3) is 0.231. The van der Waals surface area contributed by atoms with E-state index in [9.17, 15) is 9.90 Å². The first-order valence-electron chi connectivity index (χ1n) is 11.0. The maximum Gasteiger partial charge on any atom is 0.280 e. The molecular formula is C26H24Cl2N4O4. The topological polar surface area (TPSA) is 99.4 Å². The molecule has 36 heavy (non-hydrogen) atoms. The van der Waals surface area contributed by atoms with Crippen molar-refractivity contribution in [1.82, 2.24) is 19.5 Å². The standard InChI is InChI=1S/C26H24Cl2N4O4/c1-15-30-23(36-14-16-6-5-7-18(12-16)35-4)22(28)24(33)32(15)21-13-17(8-9-19(21)27)20-10-11-29-25(31-20)26(2,3)34/h5-13,34H,14H2,1-4H3. The van der Waals surface area contributed by atoms with E-state index < -0.39 is 11.2 Å². The molecule has 0 aliphatic carbocycles. The second-order valence-electron chi connectivity index (χ2n) is 8.55. The van der Waals surface area contributed by atoms with Gasteiger partial charge in [0.15, 0.2) is 10.8 Å². The molecule has 1 N–H and O–H groups in total. The van der Waals surface area contributed by atoms with Crippen molar-refractivity contribution in [2.24, 2.45) is 0 Å². The van der Waals surface area contributed by atoms with Gasteiger partial charge in [0.05, 0.1) is 23.5 Å². The lowest BCUT2D eigenvalue weighted by atomic mass is 10.1. The SMILES string of the molecule is COc1cccc(COc2nc(C)n(-c3cc(-c4ccnc(C(C)(C)O)n4)ccc3Cl)c(=O)c2Cl)c1. The average Bonchev–Trinajstić information content (AvgIpc) is 2.86. The molecule has 0 bridgehead atoms. The van der Waals surface area contributed by atoms with Gasteiger partial charge < -0.3 is 14.6 Å². The highest BCUT2D eigenvalue weighted by molar-refractivity contribution is 6.33. The summed E-state index contributed by atoms with van der Waals surface area (Å²) in [7, 11) is 1.58.